The van der Waals surface area contributed by atoms with Crippen molar-refractivity contribution in [3.63, 3.8) is 0 Å². The number of aromatic nitrogens is 1. The molecule has 1 saturated carbocycles. The summed E-state index contributed by atoms with van der Waals surface area (Å²) in [5, 5.41) is 0. The highest BCUT2D eigenvalue weighted by Crippen LogP contribution is 2.29. The predicted molar refractivity (Wildman–Crippen MR) is 77.4 cm³/mol. The smallest absolute Gasteiger partial charge is 0.213 e. The number of nitrogens with two attached hydrogens (primary N) is 2. The van der Waals surface area contributed by atoms with Crippen LogP contribution in [0.15, 0.2) is 23.3 Å². The molecule has 0 atom stereocenters. The first-order valence-corrected chi connectivity index (χ1v) is 5.37. The topological polar surface area (TPSA) is 86.5 Å². The van der Waals surface area contributed by atoms with Gasteiger partial charge in [0.2, 0.25) is 5.88 Å². The summed E-state index contributed by atoms with van der Waals surface area (Å²) in [5.41, 5.74) is 11.5. The average molecular weight is 348 g/mol. The van der Waals surface area contributed by atoms with Gasteiger partial charge in [-0.25, -0.2) is 9.98 Å². The van der Waals surface area contributed by atoms with Gasteiger partial charge >= 0.3 is 0 Å². The molecule has 0 bridgehead atoms. The van der Waals surface area contributed by atoms with Crippen LogP contribution >= 0.6 is 24.0 Å². The predicted octanol–water partition coefficient (Wildman–Crippen LogP) is 1.26. The van der Waals surface area contributed by atoms with E-state index in [1.807, 2.05) is 12.1 Å². The Balaban J connectivity index is 0.00000144. The molecule has 5 nitrogen and oxygen atoms in total. The third-order valence-corrected chi connectivity index (χ3v) is 2.41. The molecule has 6 heteroatoms. The summed E-state index contributed by atoms with van der Waals surface area (Å²) in [4.78, 5) is 8.07. The Morgan fingerprint density at radius 2 is 2.24 bits per heavy atom. The largest absolute Gasteiger partial charge is 0.477 e. The number of hydrogen-bond acceptors (Lipinski definition) is 3. The second kappa shape index (κ2) is 6.63. The van der Waals surface area contributed by atoms with Crippen LogP contribution in [0.25, 0.3) is 0 Å². The average Bonchev–Trinajstić information content (AvgIpc) is 3.08. The summed E-state index contributed by atoms with van der Waals surface area (Å²) in [6.07, 6.45) is 4.25. The van der Waals surface area contributed by atoms with Crippen molar-refractivity contribution < 1.29 is 4.74 Å². The quantitative estimate of drug-likeness (QED) is 0.477. The Morgan fingerprint density at radius 1 is 1.47 bits per heavy atom. The lowest BCUT2D eigenvalue weighted by Crippen LogP contribution is -2.22. The molecule has 0 radical (unpaired) electrons. The molecule has 0 aliphatic heterocycles. The molecule has 1 fully saturated rings. The second-order valence-electron chi connectivity index (χ2n) is 4.00. The lowest BCUT2D eigenvalue weighted by Gasteiger charge is -2.05. The Kier molecular flexibility index (Phi) is 5.46. The molecule has 1 aromatic heterocycles. The zero-order chi connectivity index (χ0) is 11.4. The summed E-state index contributed by atoms with van der Waals surface area (Å²) < 4.78 is 5.56. The van der Waals surface area contributed by atoms with Crippen LogP contribution < -0.4 is 16.2 Å². The molecule has 1 heterocycles. The van der Waals surface area contributed by atoms with E-state index in [1.165, 1.54) is 12.8 Å². The van der Waals surface area contributed by atoms with Crippen molar-refractivity contribution in [1.82, 2.24) is 4.98 Å². The van der Waals surface area contributed by atoms with Crippen molar-refractivity contribution in [2.24, 2.45) is 22.4 Å². The Hall–Kier alpha value is -1.05. The number of halogens is 1. The summed E-state index contributed by atoms with van der Waals surface area (Å²) in [7, 11) is 0. The van der Waals surface area contributed by atoms with E-state index in [1.54, 1.807) is 6.20 Å². The van der Waals surface area contributed by atoms with Gasteiger partial charge in [-0.2, -0.15) is 0 Å². The van der Waals surface area contributed by atoms with Gasteiger partial charge in [0.1, 0.15) is 0 Å². The van der Waals surface area contributed by atoms with E-state index < -0.39 is 0 Å². The number of pyridine rings is 1. The minimum Gasteiger partial charge on any atom is -0.477 e. The van der Waals surface area contributed by atoms with Gasteiger partial charge in [0.25, 0.3) is 0 Å². The minimum absolute atomic E-state index is 0. The highest BCUT2D eigenvalue weighted by atomic mass is 127. The first-order valence-electron chi connectivity index (χ1n) is 5.37. The van der Waals surface area contributed by atoms with Crippen LogP contribution in [0.2, 0.25) is 0 Å². The molecule has 1 aromatic rings. The molecule has 2 rings (SSSR count). The van der Waals surface area contributed by atoms with Gasteiger partial charge in [-0.15, -0.1) is 24.0 Å². The third kappa shape index (κ3) is 5.20. The lowest BCUT2D eigenvalue weighted by molar-refractivity contribution is 0.288. The van der Waals surface area contributed by atoms with E-state index in [0.29, 0.717) is 12.4 Å². The van der Waals surface area contributed by atoms with Crippen LogP contribution in [-0.4, -0.2) is 17.6 Å². The molecule has 1 aliphatic carbocycles. The molecular formula is C11H17IN4O. The van der Waals surface area contributed by atoms with Crippen molar-refractivity contribution in [3.05, 3.63) is 23.9 Å². The van der Waals surface area contributed by atoms with Crippen molar-refractivity contribution in [2.75, 3.05) is 6.61 Å². The van der Waals surface area contributed by atoms with Gasteiger partial charge in [0.05, 0.1) is 13.2 Å². The van der Waals surface area contributed by atoms with E-state index in [0.717, 1.165) is 18.1 Å². The van der Waals surface area contributed by atoms with Gasteiger partial charge < -0.3 is 16.2 Å². The van der Waals surface area contributed by atoms with Crippen LogP contribution in [0.3, 0.4) is 0 Å². The number of rotatable bonds is 5. The maximum absolute atomic E-state index is 5.56. The summed E-state index contributed by atoms with van der Waals surface area (Å²) in [6.45, 7) is 1.23. The molecule has 0 spiro atoms. The van der Waals surface area contributed by atoms with Gasteiger partial charge in [0.15, 0.2) is 5.96 Å². The van der Waals surface area contributed by atoms with E-state index in [2.05, 4.69) is 9.98 Å². The molecular weight excluding hydrogens is 331 g/mol. The van der Waals surface area contributed by atoms with Crippen molar-refractivity contribution in [2.45, 2.75) is 19.4 Å². The number of aliphatic imine (C=N–C) groups is 1. The number of guanidine groups is 1. The van der Waals surface area contributed by atoms with E-state index >= 15 is 0 Å². The normalized spacial score (nSPS) is 13.6. The molecule has 17 heavy (non-hydrogen) atoms. The van der Waals surface area contributed by atoms with Gasteiger partial charge in [-0.05, 0) is 30.4 Å². The summed E-state index contributed by atoms with van der Waals surface area (Å²) >= 11 is 0. The summed E-state index contributed by atoms with van der Waals surface area (Å²) in [6, 6.07) is 3.74. The zero-order valence-corrected chi connectivity index (χ0v) is 11.8. The highest BCUT2D eigenvalue weighted by Gasteiger charge is 2.22. The summed E-state index contributed by atoms with van der Waals surface area (Å²) in [5.74, 6) is 1.47. The monoisotopic (exact) mass is 348 g/mol. The number of ether oxygens (including phenoxy) is 1. The van der Waals surface area contributed by atoms with E-state index in [9.17, 15) is 0 Å². The fourth-order valence-electron chi connectivity index (χ4n) is 1.30. The Labute approximate surface area is 118 Å². The maximum atomic E-state index is 5.56. The Bertz CT molecular complexity index is 389. The number of hydrogen-bond donors (Lipinski definition) is 2. The third-order valence-electron chi connectivity index (χ3n) is 2.41. The van der Waals surface area contributed by atoms with Gasteiger partial charge in [-0.3, -0.25) is 0 Å². The molecule has 4 N–H and O–H groups in total. The van der Waals surface area contributed by atoms with E-state index in [-0.39, 0.29) is 29.9 Å². The van der Waals surface area contributed by atoms with E-state index in [4.69, 9.17) is 16.2 Å². The molecule has 94 valence electrons. The van der Waals surface area contributed by atoms with Crippen molar-refractivity contribution >= 4 is 29.9 Å². The molecule has 0 amide bonds. The lowest BCUT2D eigenvalue weighted by atomic mass is 10.3. The first-order chi connectivity index (χ1) is 7.74. The fourth-order valence-corrected chi connectivity index (χ4v) is 1.30. The Morgan fingerprint density at radius 3 is 2.88 bits per heavy atom. The van der Waals surface area contributed by atoms with Gasteiger partial charge in [0, 0.05) is 12.3 Å². The molecule has 1 aliphatic rings. The fraction of sp³-hybridized carbons (Fsp3) is 0.455. The minimum atomic E-state index is 0. The SMILES string of the molecule is I.NC(N)=NCc1ccnc(OCC2CC2)c1. The highest BCUT2D eigenvalue weighted by molar-refractivity contribution is 14.0. The van der Waals surface area contributed by atoms with Crippen LogP contribution in [0.4, 0.5) is 0 Å². The molecule has 0 saturated heterocycles. The van der Waals surface area contributed by atoms with Crippen LogP contribution in [0.1, 0.15) is 18.4 Å². The molecule has 0 unspecified atom stereocenters. The van der Waals surface area contributed by atoms with Crippen LogP contribution in [-0.2, 0) is 6.54 Å². The van der Waals surface area contributed by atoms with Crippen molar-refractivity contribution in [1.29, 1.82) is 0 Å². The first kappa shape index (κ1) is 14.0. The molecule has 0 aromatic carbocycles. The maximum Gasteiger partial charge on any atom is 0.213 e. The van der Waals surface area contributed by atoms with Crippen LogP contribution in [0.5, 0.6) is 5.88 Å². The van der Waals surface area contributed by atoms with Crippen molar-refractivity contribution in [3.8, 4) is 5.88 Å². The zero-order valence-electron chi connectivity index (χ0n) is 9.50. The standard InChI is InChI=1S/C11H16N4O.HI/c12-11(13)15-6-9-3-4-14-10(5-9)16-7-8-1-2-8;/h3-5,8H,1-2,6-7H2,(H4,12,13,15);1H. The van der Waals surface area contributed by atoms with Crippen LogP contribution in [0, 0.1) is 5.92 Å². The van der Waals surface area contributed by atoms with Gasteiger partial charge in [-0.1, -0.05) is 0 Å². The number of nitrogens with zero attached hydrogens (tertiary/aromatic N) is 2. The second-order valence-corrected chi connectivity index (χ2v) is 4.00.